The van der Waals surface area contributed by atoms with E-state index in [-0.39, 0.29) is 11.8 Å². The molecular weight excluding hydrogens is 310 g/mol. The average molecular weight is 335 g/mol. The minimum absolute atomic E-state index is 0.0176. The van der Waals surface area contributed by atoms with Gasteiger partial charge in [0, 0.05) is 38.4 Å². The third-order valence-electron chi connectivity index (χ3n) is 4.70. The summed E-state index contributed by atoms with van der Waals surface area (Å²) in [6, 6.07) is -0.440. The summed E-state index contributed by atoms with van der Waals surface area (Å²) in [5.74, 6) is -0.223. The van der Waals surface area contributed by atoms with E-state index in [1.807, 2.05) is 4.90 Å². The standard InChI is InChI=1S/C16H25N5O3/c1-12-13(11-17-19-12)15(22)18-14-3-2-4-21(16(14)23)6-5-20-7-9-24-10-8-20/h11,14H,2-10H2,1H3,(H,17,19)(H,18,22). The van der Waals surface area contributed by atoms with Gasteiger partial charge in [-0.1, -0.05) is 0 Å². The molecule has 2 fully saturated rings. The number of aromatic nitrogens is 2. The molecule has 3 heterocycles. The van der Waals surface area contributed by atoms with Gasteiger partial charge in [0.25, 0.3) is 5.91 Å². The summed E-state index contributed by atoms with van der Waals surface area (Å²) in [7, 11) is 0. The summed E-state index contributed by atoms with van der Waals surface area (Å²) in [5, 5.41) is 9.45. The molecule has 24 heavy (non-hydrogen) atoms. The van der Waals surface area contributed by atoms with Crippen molar-refractivity contribution in [3.63, 3.8) is 0 Å². The van der Waals surface area contributed by atoms with Crippen molar-refractivity contribution in [1.29, 1.82) is 0 Å². The Morgan fingerprint density at radius 1 is 1.38 bits per heavy atom. The minimum Gasteiger partial charge on any atom is -0.379 e. The first-order valence-corrected chi connectivity index (χ1v) is 8.55. The molecular formula is C16H25N5O3. The summed E-state index contributed by atoms with van der Waals surface area (Å²) in [6.07, 6.45) is 3.09. The van der Waals surface area contributed by atoms with Crippen LogP contribution >= 0.6 is 0 Å². The first kappa shape index (κ1) is 16.9. The van der Waals surface area contributed by atoms with E-state index in [0.717, 1.165) is 45.8 Å². The minimum atomic E-state index is -0.440. The molecule has 1 unspecified atom stereocenters. The van der Waals surface area contributed by atoms with Crippen LogP contribution < -0.4 is 5.32 Å². The number of morpholine rings is 1. The maximum atomic E-state index is 12.6. The summed E-state index contributed by atoms with van der Waals surface area (Å²) < 4.78 is 5.34. The molecule has 3 rings (SSSR count). The van der Waals surface area contributed by atoms with Gasteiger partial charge in [0.05, 0.1) is 25.0 Å². The van der Waals surface area contributed by atoms with Crippen LogP contribution in [0, 0.1) is 6.92 Å². The molecule has 2 amide bonds. The smallest absolute Gasteiger partial charge is 0.255 e. The van der Waals surface area contributed by atoms with E-state index in [1.165, 1.54) is 6.20 Å². The van der Waals surface area contributed by atoms with Crippen LogP contribution in [0.4, 0.5) is 0 Å². The van der Waals surface area contributed by atoms with Crippen molar-refractivity contribution in [2.75, 3.05) is 45.9 Å². The molecule has 8 nitrogen and oxygen atoms in total. The second-order valence-corrected chi connectivity index (χ2v) is 6.36. The van der Waals surface area contributed by atoms with Crippen LogP contribution in [0.5, 0.6) is 0 Å². The maximum Gasteiger partial charge on any atom is 0.255 e. The van der Waals surface area contributed by atoms with E-state index in [4.69, 9.17) is 4.74 Å². The molecule has 132 valence electrons. The number of piperidine rings is 1. The van der Waals surface area contributed by atoms with Crippen molar-refractivity contribution in [1.82, 2.24) is 25.3 Å². The van der Waals surface area contributed by atoms with Crippen LogP contribution in [0.15, 0.2) is 6.20 Å². The lowest BCUT2D eigenvalue weighted by atomic mass is 10.0. The zero-order valence-corrected chi connectivity index (χ0v) is 14.1. The fourth-order valence-corrected chi connectivity index (χ4v) is 3.20. The van der Waals surface area contributed by atoms with Gasteiger partial charge in [-0.2, -0.15) is 5.10 Å². The summed E-state index contributed by atoms with van der Waals surface area (Å²) >= 11 is 0. The first-order valence-electron chi connectivity index (χ1n) is 8.55. The van der Waals surface area contributed by atoms with E-state index in [9.17, 15) is 9.59 Å². The van der Waals surface area contributed by atoms with Crippen LogP contribution in [0.25, 0.3) is 0 Å². The Morgan fingerprint density at radius 2 is 2.17 bits per heavy atom. The molecule has 2 aliphatic rings. The number of nitrogens with zero attached hydrogens (tertiary/aromatic N) is 3. The van der Waals surface area contributed by atoms with E-state index < -0.39 is 6.04 Å². The van der Waals surface area contributed by atoms with Crippen LogP contribution in [-0.4, -0.2) is 83.8 Å². The second kappa shape index (κ2) is 7.76. The number of carbonyl (C=O) groups excluding carboxylic acids is 2. The lowest BCUT2D eigenvalue weighted by molar-refractivity contribution is -0.136. The number of hydrogen-bond donors (Lipinski definition) is 2. The number of aryl methyl sites for hydroxylation is 1. The van der Waals surface area contributed by atoms with Crippen molar-refractivity contribution >= 4 is 11.8 Å². The molecule has 2 saturated heterocycles. The quantitative estimate of drug-likeness (QED) is 0.776. The van der Waals surface area contributed by atoms with Gasteiger partial charge in [0.1, 0.15) is 6.04 Å². The van der Waals surface area contributed by atoms with Crippen molar-refractivity contribution in [3.05, 3.63) is 17.5 Å². The van der Waals surface area contributed by atoms with Gasteiger partial charge in [-0.05, 0) is 19.8 Å². The summed E-state index contributed by atoms with van der Waals surface area (Å²) in [4.78, 5) is 29.1. The largest absolute Gasteiger partial charge is 0.379 e. The molecule has 0 spiro atoms. The summed E-state index contributed by atoms with van der Waals surface area (Å²) in [6.45, 7) is 7.48. The third kappa shape index (κ3) is 3.93. The Hall–Kier alpha value is -1.93. The molecule has 0 saturated carbocycles. The Labute approximate surface area is 141 Å². The molecule has 8 heteroatoms. The number of aromatic amines is 1. The van der Waals surface area contributed by atoms with Crippen LogP contribution in [0.1, 0.15) is 28.9 Å². The molecule has 0 aromatic carbocycles. The highest BCUT2D eigenvalue weighted by atomic mass is 16.5. The Balaban J connectivity index is 1.52. The molecule has 2 N–H and O–H groups in total. The number of nitrogens with one attached hydrogen (secondary N) is 2. The van der Waals surface area contributed by atoms with Crippen LogP contribution in [0.3, 0.4) is 0 Å². The first-order chi connectivity index (χ1) is 11.6. The predicted molar refractivity (Wildman–Crippen MR) is 87.7 cm³/mol. The molecule has 1 aromatic heterocycles. The Bertz CT molecular complexity index is 582. The van der Waals surface area contributed by atoms with Gasteiger partial charge in [-0.3, -0.25) is 19.6 Å². The van der Waals surface area contributed by atoms with Crippen molar-refractivity contribution in [2.24, 2.45) is 0 Å². The van der Waals surface area contributed by atoms with Gasteiger partial charge >= 0.3 is 0 Å². The average Bonchev–Trinajstić information content (AvgIpc) is 3.03. The van der Waals surface area contributed by atoms with E-state index >= 15 is 0 Å². The van der Waals surface area contributed by atoms with Crippen molar-refractivity contribution < 1.29 is 14.3 Å². The monoisotopic (exact) mass is 335 g/mol. The SMILES string of the molecule is Cc1[nH]ncc1C(=O)NC1CCCN(CCN2CCOCC2)C1=O. The number of carbonyl (C=O) groups is 2. The molecule has 1 aromatic rings. The number of likely N-dealkylation sites (tertiary alicyclic amines) is 1. The van der Waals surface area contributed by atoms with Gasteiger partial charge in [0.15, 0.2) is 0 Å². The van der Waals surface area contributed by atoms with Crippen LogP contribution in [0.2, 0.25) is 0 Å². The number of ether oxygens (including phenoxy) is 1. The second-order valence-electron chi connectivity index (χ2n) is 6.36. The van der Waals surface area contributed by atoms with Crippen molar-refractivity contribution in [2.45, 2.75) is 25.8 Å². The van der Waals surface area contributed by atoms with Gasteiger partial charge in [-0.15, -0.1) is 0 Å². The molecule has 0 bridgehead atoms. The molecule has 0 aliphatic carbocycles. The number of hydrogen-bond acceptors (Lipinski definition) is 5. The zero-order chi connectivity index (χ0) is 16.9. The summed E-state index contributed by atoms with van der Waals surface area (Å²) in [5.41, 5.74) is 1.20. The fourth-order valence-electron chi connectivity index (χ4n) is 3.20. The number of H-pyrrole nitrogens is 1. The Kier molecular flexibility index (Phi) is 5.47. The van der Waals surface area contributed by atoms with Crippen molar-refractivity contribution in [3.8, 4) is 0 Å². The van der Waals surface area contributed by atoms with Gasteiger partial charge in [0.2, 0.25) is 5.91 Å². The third-order valence-corrected chi connectivity index (χ3v) is 4.70. The highest BCUT2D eigenvalue weighted by Crippen LogP contribution is 2.13. The molecule has 0 radical (unpaired) electrons. The highest BCUT2D eigenvalue weighted by molar-refractivity contribution is 5.98. The normalized spacial score (nSPS) is 22.6. The van der Waals surface area contributed by atoms with Crippen LogP contribution in [-0.2, 0) is 9.53 Å². The van der Waals surface area contributed by atoms with E-state index in [1.54, 1.807) is 6.92 Å². The van der Waals surface area contributed by atoms with E-state index in [0.29, 0.717) is 24.2 Å². The van der Waals surface area contributed by atoms with Gasteiger partial charge in [-0.25, -0.2) is 0 Å². The topological polar surface area (TPSA) is 90.6 Å². The Morgan fingerprint density at radius 3 is 2.88 bits per heavy atom. The number of amides is 2. The predicted octanol–water partition coefficient (Wildman–Crippen LogP) is -0.229. The van der Waals surface area contributed by atoms with E-state index in [2.05, 4.69) is 20.4 Å². The fraction of sp³-hybridized carbons (Fsp3) is 0.688. The lowest BCUT2D eigenvalue weighted by Crippen LogP contribution is -2.54. The molecule has 2 aliphatic heterocycles. The zero-order valence-electron chi connectivity index (χ0n) is 14.1. The molecule has 1 atom stereocenters. The highest BCUT2D eigenvalue weighted by Gasteiger charge is 2.30. The number of rotatable bonds is 5. The lowest BCUT2D eigenvalue weighted by Gasteiger charge is -2.35. The van der Waals surface area contributed by atoms with Gasteiger partial charge < -0.3 is 15.0 Å². The maximum absolute atomic E-state index is 12.6.